The number of aromatic nitrogens is 1. The SMILES string of the molecule is CCCC1(S(=O)(=O)NC(=O)[C@@]23C[C@@H]2/C=C\CCCCC[C@H](NC(=O)OC(C)(C)C)C(=O)N2C[C@H](Oc4nccc5ccccc45)C[C@H]2C(=O)N3)CC1. The van der Waals surface area contributed by atoms with E-state index in [0.29, 0.717) is 50.8 Å². The van der Waals surface area contributed by atoms with Crippen LogP contribution in [0.1, 0.15) is 98.3 Å². The van der Waals surface area contributed by atoms with Crippen molar-refractivity contribution in [2.45, 2.75) is 132 Å². The van der Waals surface area contributed by atoms with Crippen molar-refractivity contribution >= 4 is 44.6 Å². The van der Waals surface area contributed by atoms with E-state index in [1.165, 1.54) is 4.90 Å². The van der Waals surface area contributed by atoms with Crippen LogP contribution in [0.4, 0.5) is 4.79 Å². The quantitative estimate of drug-likeness (QED) is 0.326. The number of alkyl carbamates (subject to hydrolysis) is 1. The zero-order valence-corrected chi connectivity index (χ0v) is 31.3. The first-order valence-corrected chi connectivity index (χ1v) is 20.0. The number of carbonyl (C=O) groups is 4. The third kappa shape index (κ3) is 8.06. The van der Waals surface area contributed by atoms with Gasteiger partial charge in [0.15, 0.2) is 0 Å². The molecule has 3 N–H and O–H groups in total. The lowest BCUT2D eigenvalue weighted by Crippen LogP contribution is -2.58. The van der Waals surface area contributed by atoms with E-state index in [1.807, 2.05) is 49.4 Å². The van der Waals surface area contributed by atoms with E-state index in [0.717, 1.165) is 23.6 Å². The summed E-state index contributed by atoms with van der Waals surface area (Å²) >= 11 is 0. The van der Waals surface area contributed by atoms with Gasteiger partial charge in [-0.05, 0) is 83.2 Å². The predicted molar refractivity (Wildman–Crippen MR) is 195 cm³/mol. The minimum atomic E-state index is -3.99. The Morgan fingerprint density at radius 3 is 2.60 bits per heavy atom. The van der Waals surface area contributed by atoms with Crippen molar-refractivity contribution in [3.05, 3.63) is 48.7 Å². The lowest BCUT2D eigenvalue weighted by molar-refractivity contribution is -0.141. The van der Waals surface area contributed by atoms with Gasteiger partial charge >= 0.3 is 6.09 Å². The number of ether oxygens (including phenoxy) is 2. The zero-order chi connectivity index (χ0) is 37.3. The molecule has 6 rings (SSSR count). The third-order valence-electron chi connectivity index (χ3n) is 10.6. The second-order valence-electron chi connectivity index (χ2n) is 15.7. The van der Waals surface area contributed by atoms with E-state index >= 15 is 0 Å². The molecule has 2 saturated carbocycles. The van der Waals surface area contributed by atoms with Gasteiger partial charge in [0.05, 0.1) is 11.3 Å². The van der Waals surface area contributed by atoms with Crippen LogP contribution in [0.3, 0.4) is 0 Å². The topological polar surface area (TPSA) is 173 Å². The number of allylic oxidation sites excluding steroid dienone is 1. The number of benzene rings is 1. The third-order valence-corrected chi connectivity index (χ3v) is 12.8. The molecule has 13 nitrogen and oxygen atoms in total. The Hall–Kier alpha value is -4.20. The molecule has 0 radical (unpaired) electrons. The van der Waals surface area contributed by atoms with Crippen LogP contribution in [-0.4, -0.2) is 82.7 Å². The first kappa shape index (κ1) is 37.6. The summed E-state index contributed by atoms with van der Waals surface area (Å²) < 4.78 is 40.2. The Morgan fingerprint density at radius 2 is 1.87 bits per heavy atom. The molecule has 2 aliphatic heterocycles. The van der Waals surface area contributed by atoms with Crippen molar-refractivity contribution in [3.8, 4) is 5.88 Å². The summed E-state index contributed by atoms with van der Waals surface area (Å²) in [6.07, 6.45) is 9.71. The lowest BCUT2D eigenvalue weighted by atomic mass is 10.0. The van der Waals surface area contributed by atoms with Gasteiger partial charge in [0.1, 0.15) is 29.3 Å². The molecule has 1 saturated heterocycles. The summed E-state index contributed by atoms with van der Waals surface area (Å²) in [7, 11) is -3.99. The molecule has 1 aromatic heterocycles. The number of nitrogens with zero attached hydrogens (tertiary/aromatic N) is 2. The van der Waals surface area contributed by atoms with E-state index in [2.05, 4.69) is 20.3 Å². The lowest BCUT2D eigenvalue weighted by Gasteiger charge is -2.30. The number of hydrogen-bond acceptors (Lipinski definition) is 9. The zero-order valence-electron chi connectivity index (χ0n) is 30.5. The second kappa shape index (κ2) is 14.7. The van der Waals surface area contributed by atoms with Gasteiger partial charge in [-0.3, -0.25) is 19.1 Å². The number of sulfonamides is 1. The summed E-state index contributed by atoms with van der Waals surface area (Å²) in [6, 6.07) is 7.40. The highest BCUT2D eigenvalue weighted by atomic mass is 32.2. The fourth-order valence-electron chi connectivity index (χ4n) is 7.53. The van der Waals surface area contributed by atoms with Gasteiger partial charge in [-0.25, -0.2) is 18.2 Å². The molecule has 5 atom stereocenters. The van der Waals surface area contributed by atoms with Gasteiger partial charge in [-0.2, -0.15) is 0 Å². The standard InChI is InChI=1S/C38H51N5O8S/c1-5-18-37(19-20-37)52(48,49)42-34(46)38-23-26(38)14-9-7-6-8-10-16-29(40-35(47)51-36(2,3)4)33(45)43-24-27(22-30(43)31(44)41-38)50-32-28-15-12-11-13-25(28)17-21-39-32/h9,11-15,17,21,26-27,29-30H,5-8,10,16,18-20,22-24H2,1-4H3,(H,40,47)(H,41,44)(H,42,46)/b14-9-/t26-,27+,29-,30-,38+/m0/s1. The van der Waals surface area contributed by atoms with Gasteiger partial charge in [0, 0.05) is 23.9 Å². The van der Waals surface area contributed by atoms with Crippen LogP contribution < -0.4 is 20.1 Å². The summed E-state index contributed by atoms with van der Waals surface area (Å²) in [5.74, 6) is -1.90. The van der Waals surface area contributed by atoms with E-state index in [-0.39, 0.29) is 19.4 Å². The van der Waals surface area contributed by atoms with Crippen LogP contribution in [-0.2, 0) is 29.1 Å². The molecule has 3 heterocycles. The molecule has 2 aliphatic carbocycles. The van der Waals surface area contributed by atoms with E-state index in [4.69, 9.17) is 9.47 Å². The minimum absolute atomic E-state index is 0.0186. The maximum absolute atomic E-state index is 14.4. The molecule has 3 fully saturated rings. The van der Waals surface area contributed by atoms with Crippen LogP contribution in [0.25, 0.3) is 10.8 Å². The van der Waals surface area contributed by atoms with E-state index in [9.17, 15) is 27.6 Å². The minimum Gasteiger partial charge on any atom is -0.472 e. The van der Waals surface area contributed by atoms with Gasteiger partial charge in [0.2, 0.25) is 27.7 Å². The Balaban J connectivity index is 1.30. The van der Waals surface area contributed by atoms with Crippen molar-refractivity contribution in [1.29, 1.82) is 0 Å². The molecule has 4 amide bonds. The molecule has 0 bridgehead atoms. The summed E-state index contributed by atoms with van der Waals surface area (Å²) in [5, 5.41) is 7.35. The van der Waals surface area contributed by atoms with Crippen LogP contribution in [0, 0.1) is 5.92 Å². The maximum atomic E-state index is 14.4. The Labute approximate surface area is 305 Å². The van der Waals surface area contributed by atoms with Crippen LogP contribution in [0.15, 0.2) is 48.7 Å². The van der Waals surface area contributed by atoms with Gasteiger partial charge in [-0.15, -0.1) is 0 Å². The Morgan fingerprint density at radius 1 is 1.10 bits per heavy atom. The number of amides is 4. The molecular formula is C38H51N5O8S. The summed E-state index contributed by atoms with van der Waals surface area (Å²) in [6.45, 7) is 7.13. The number of hydrogen-bond donors (Lipinski definition) is 3. The number of pyridine rings is 1. The smallest absolute Gasteiger partial charge is 0.408 e. The molecule has 0 unspecified atom stereocenters. The number of fused-ring (bicyclic) bond motifs is 3. The van der Waals surface area contributed by atoms with Gasteiger partial charge < -0.3 is 25.0 Å². The Kier molecular flexibility index (Phi) is 10.6. The molecular weight excluding hydrogens is 687 g/mol. The molecule has 14 heteroatoms. The van der Waals surface area contributed by atoms with Crippen LogP contribution >= 0.6 is 0 Å². The highest BCUT2D eigenvalue weighted by Gasteiger charge is 2.63. The summed E-state index contributed by atoms with van der Waals surface area (Å²) in [5.41, 5.74) is -2.29. The highest BCUT2D eigenvalue weighted by Crippen LogP contribution is 2.49. The fourth-order valence-corrected chi connectivity index (χ4v) is 9.28. The van der Waals surface area contributed by atoms with Crippen LogP contribution in [0.5, 0.6) is 5.88 Å². The summed E-state index contributed by atoms with van der Waals surface area (Å²) in [4.78, 5) is 61.6. The molecule has 282 valence electrons. The molecule has 1 aromatic carbocycles. The average molecular weight is 738 g/mol. The van der Waals surface area contributed by atoms with Gasteiger partial charge in [0.25, 0.3) is 5.91 Å². The Bertz CT molecular complexity index is 1830. The van der Waals surface area contributed by atoms with Crippen molar-refractivity contribution in [3.63, 3.8) is 0 Å². The van der Waals surface area contributed by atoms with Crippen molar-refractivity contribution in [1.82, 2.24) is 25.2 Å². The average Bonchev–Trinajstić information content (AvgIpc) is 3.97. The van der Waals surface area contributed by atoms with Crippen molar-refractivity contribution in [2.24, 2.45) is 5.92 Å². The fraction of sp³-hybridized carbons (Fsp3) is 0.605. The van der Waals surface area contributed by atoms with Crippen molar-refractivity contribution < 1.29 is 37.1 Å². The van der Waals surface area contributed by atoms with E-state index < -0.39 is 73.8 Å². The first-order chi connectivity index (χ1) is 24.7. The van der Waals surface area contributed by atoms with E-state index in [1.54, 1.807) is 27.0 Å². The molecule has 4 aliphatic rings. The monoisotopic (exact) mass is 737 g/mol. The predicted octanol–water partition coefficient (Wildman–Crippen LogP) is 4.65. The first-order valence-electron chi connectivity index (χ1n) is 18.5. The number of rotatable bonds is 8. The molecule has 52 heavy (non-hydrogen) atoms. The van der Waals surface area contributed by atoms with Crippen molar-refractivity contribution in [2.75, 3.05) is 6.54 Å². The second-order valence-corrected chi connectivity index (χ2v) is 17.8. The largest absolute Gasteiger partial charge is 0.472 e. The number of carbonyl (C=O) groups excluding carboxylic acids is 4. The number of nitrogens with one attached hydrogen (secondary N) is 3. The maximum Gasteiger partial charge on any atom is 0.408 e. The molecule has 0 spiro atoms. The molecule has 2 aromatic rings. The highest BCUT2D eigenvalue weighted by molar-refractivity contribution is 7.91. The van der Waals surface area contributed by atoms with Crippen LogP contribution in [0.2, 0.25) is 0 Å². The normalized spacial score (nSPS) is 28.3. The van der Waals surface area contributed by atoms with Gasteiger partial charge in [-0.1, -0.05) is 56.5 Å².